The Bertz CT molecular complexity index is 379. The highest BCUT2D eigenvalue weighted by Gasteiger charge is 2.22. The van der Waals surface area contributed by atoms with Gasteiger partial charge in [-0.25, -0.2) is 10.1 Å². The van der Waals surface area contributed by atoms with E-state index in [4.69, 9.17) is 4.74 Å². The molecule has 18 heavy (non-hydrogen) atoms. The summed E-state index contributed by atoms with van der Waals surface area (Å²) in [5.74, 6) is -0.134. The normalized spacial score (nSPS) is 18.3. The lowest BCUT2D eigenvalue weighted by Crippen LogP contribution is -2.44. The van der Waals surface area contributed by atoms with Gasteiger partial charge in [0.25, 0.3) is 5.91 Å². The van der Waals surface area contributed by atoms with E-state index >= 15 is 0 Å². The highest BCUT2D eigenvalue weighted by molar-refractivity contribution is 5.93. The third kappa shape index (κ3) is 3.76. The molecule has 0 spiro atoms. The predicted molar refractivity (Wildman–Crippen MR) is 64.6 cm³/mol. The summed E-state index contributed by atoms with van der Waals surface area (Å²) in [7, 11) is 0. The van der Waals surface area contributed by atoms with E-state index < -0.39 is 12.0 Å². The van der Waals surface area contributed by atoms with Crippen molar-refractivity contribution < 1.29 is 14.6 Å². The fourth-order valence-corrected chi connectivity index (χ4v) is 1.74. The van der Waals surface area contributed by atoms with Crippen molar-refractivity contribution in [2.24, 2.45) is 0 Å². The van der Waals surface area contributed by atoms with E-state index in [2.05, 4.69) is 10.3 Å². The van der Waals surface area contributed by atoms with Crippen LogP contribution in [-0.4, -0.2) is 54.7 Å². The fraction of sp³-hybridized carbons (Fsp3) is 0.500. The van der Waals surface area contributed by atoms with Crippen molar-refractivity contribution in [1.82, 2.24) is 9.88 Å². The summed E-state index contributed by atoms with van der Waals surface area (Å²) in [5, 5.41) is 14.3. The van der Waals surface area contributed by atoms with E-state index in [9.17, 15) is 9.90 Å². The third-order valence-corrected chi connectivity index (χ3v) is 2.74. The van der Waals surface area contributed by atoms with Crippen LogP contribution < -0.4 is 5.32 Å². The molecule has 1 aliphatic heterocycles. The number of morpholine rings is 1. The zero-order valence-electron chi connectivity index (χ0n) is 10.0. The molecule has 1 amide bonds. The first-order chi connectivity index (χ1) is 8.75. The smallest absolute Gasteiger partial charge is 0.259 e. The van der Waals surface area contributed by atoms with Crippen LogP contribution in [0.15, 0.2) is 24.4 Å². The molecule has 2 heterocycles. The molecule has 1 atom stereocenters. The quantitative estimate of drug-likeness (QED) is 0.825. The Balaban J connectivity index is 1.81. The van der Waals surface area contributed by atoms with E-state index in [1.807, 2.05) is 4.90 Å². The average Bonchev–Trinajstić information content (AvgIpc) is 2.41. The number of nitrogens with zero attached hydrogens (tertiary/aromatic N) is 2. The van der Waals surface area contributed by atoms with Crippen molar-refractivity contribution in [2.75, 3.05) is 38.2 Å². The lowest BCUT2D eigenvalue weighted by atomic mass is 10.3. The number of hydrogen-bond donors (Lipinski definition) is 1. The molecule has 1 N–H and O–H groups in total. The minimum absolute atomic E-state index is 0.210. The van der Waals surface area contributed by atoms with Gasteiger partial charge in [0, 0.05) is 25.8 Å². The molecule has 1 fully saturated rings. The Labute approximate surface area is 106 Å². The van der Waals surface area contributed by atoms with Crippen LogP contribution in [0.5, 0.6) is 0 Å². The molecule has 6 nitrogen and oxygen atoms in total. The first-order valence-corrected chi connectivity index (χ1v) is 5.93. The maximum absolute atomic E-state index is 11.8. The lowest BCUT2D eigenvalue weighted by Gasteiger charge is -2.27. The second kappa shape index (κ2) is 6.44. The Morgan fingerprint density at radius 1 is 1.44 bits per heavy atom. The van der Waals surface area contributed by atoms with Crippen molar-refractivity contribution in [2.45, 2.75) is 6.10 Å². The molecule has 1 unspecified atom stereocenters. The van der Waals surface area contributed by atoms with E-state index in [1.54, 1.807) is 24.4 Å². The fourth-order valence-electron chi connectivity index (χ4n) is 1.74. The SMILES string of the molecule is [O]C(CN1CCOCC1)C(=O)Nc1ccccn1. The van der Waals surface area contributed by atoms with Crippen LogP contribution >= 0.6 is 0 Å². The van der Waals surface area contributed by atoms with Crippen LogP contribution in [-0.2, 0) is 14.6 Å². The summed E-state index contributed by atoms with van der Waals surface area (Å²) in [6, 6.07) is 5.15. The first kappa shape index (κ1) is 12.9. The van der Waals surface area contributed by atoms with Gasteiger partial charge in [-0.3, -0.25) is 9.69 Å². The lowest BCUT2D eigenvalue weighted by molar-refractivity contribution is -0.129. The van der Waals surface area contributed by atoms with Crippen molar-refractivity contribution >= 4 is 11.7 Å². The van der Waals surface area contributed by atoms with E-state index in [0.29, 0.717) is 32.1 Å². The van der Waals surface area contributed by atoms with E-state index in [-0.39, 0.29) is 6.54 Å². The van der Waals surface area contributed by atoms with Gasteiger partial charge in [0.2, 0.25) is 0 Å². The summed E-state index contributed by atoms with van der Waals surface area (Å²) >= 11 is 0. The number of aromatic nitrogens is 1. The van der Waals surface area contributed by atoms with Gasteiger partial charge < -0.3 is 10.1 Å². The molecule has 0 aromatic carbocycles. The van der Waals surface area contributed by atoms with Crippen LogP contribution in [0.25, 0.3) is 0 Å². The summed E-state index contributed by atoms with van der Waals surface area (Å²) in [6.07, 6.45) is 0.266. The second-order valence-electron chi connectivity index (χ2n) is 4.11. The minimum atomic E-state index is -1.30. The molecular formula is C12H16N3O3. The highest BCUT2D eigenvalue weighted by atomic mass is 16.5. The number of nitrogens with one attached hydrogen (secondary N) is 1. The first-order valence-electron chi connectivity index (χ1n) is 5.93. The largest absolute Gasteiger partial charge is 0.379 e. The predicted octanol–water partition coefficient (Wildman–Crippen LogP) is 0.151. The average molecular weight is 250 g/mol. The molecule has 0 aliphatic carbocycles. The van der Waals surface area contributed by atoms with Gasteiger partial charge in [0.1, 0.15) is 5.82 Å². The van der Waals surface area contributed by atoms with Gasteiger partial charge in [-0.2, -0.15) is 0 Å². The Morgan fingerprint density at radius 3 is 2.89 bits per heavy atom. The van der Waals surface area contributed by atoms with Gasteiger partial charge in [0.15, 0.2) is 6.10 Å². The number of carbonyl (C=O) groups excluding carboxylic acids is 1. The zero-order valence-corrected chi connectivity index (χ0v) is 10.0. The van der Waals surface area contributed by atoms with Crippen LogP contribution in [0, 0.1) is 0 Å². The topological polar surface area (TPSA) is 74.4 Å². The van der Waals surface area contributed by atoms with Gasteiger partial charge in [-0.15, -0.1) is 0 Å². The molecule has 1 saturated heterocycles. The van der Waals surface area contributed by atoms with E-state index in [1.165, 1.54) is 0 Å². The Kier molecular flexibility index (Phi) is 4.63. The van der Waals surface area contributed by atoms with Crippen molar-refractivity contribution in [1.29, 1.82) is 0 Å². The third-order valence-electron chi connectivity index (χ3n) is 2.74. The second-order valence-corrected chi connectivity index (χ2v) is 4.11. The molecule has 1 radical (unpaired) electrons. The standard InChI is InChI=1S/C12H16N3O3/c16-10(9-15-5-7-18-8-6-15)12(17)14-11-3-1-2-4-13-11/h1-4,10H,5-9H2,(H,13,14,17). The van der Waals surface area contributed by atoms with Crippen molar-refractivity contribution in [3.05, 3.63) is 24.4 Å². The van der Waals surface area contributed by atoms with Crippen molar-refractivity contribution in [3.63, 3.8) is 0 Å². The minimum Gasteiger partial charge on any atom is -0.379 e. The summed E-state index contributed by atoms with van der Waals surface area (Å²) in [4.78, 5) is 17.6. The molecule has 1 aliphatic rings. The molecule has 6 heteroatoms. The van der Waals surface area contributed by atoms with Gasteiger partial charge in [0.05, 0.1) is 13.2 Å². The number of ether oxygens (including phenoxy) is 1. The highest BCUT2D eigenvalue weighted by Crippen LogP contribution is 2.03. The zero-order chi connectivity index (χ0) is 12.8. The van der Waals surface area contributed by atoms with Gasteiger partial charge in [-0.1, -0.05) is 6.07 Å². The maximum Gasteiger partial charge on any atom is 0.259 e. The molecule has 0 saturated carbocycles. The van der Waals surface area contributed by atoms with Crippen LogP contribution in [0.3, 0.4) is 0 Å². The number of amides is 1. The maximum atomic E-state index is 11.8. The number of rotatable bonds is 4. The molecule has 1 aromatic heterocycles. The number of pyridine rings is 1. The number of hydrogen-bond acceptors (Lipinski definition) is 4. The van der Waals surface area contributed by atoms with Crippen LogP contribution in [0.1, 0.15) is 0 Å². The summed E-state index contributed by atoms with van der Waals surface area (Å²) in [5.41, 5.74) is 0. The number of carbonyl (C=O) groups is 1. The summed E-state index contributed by atoms with van der Waals surface area (Å²) in [6.45, 7) is 2.86. The summed E-state index contributed by atoms with van der Waals surface area (Å²) < 4.78 is 5.18. The van der Waals surface area contributed by atoms with Gasteiger partial charge in [-0.05, 0) is 12.1 Å². The van der Waals surface area contributed by atoms with Crippen LogP contribution in [0.2, 0.25) is 0 Å². The van der Waals surface area contributed by atoms with Crippen molar-refractivity contribution in [3.8, 4) is 0 Å². The molecule has 97 valence electrons. The molecular weight excluding hydrogens is 234 g/mol. The van der Waals surface area contributed by atoms with Crippen LogP contribution in [0.4, 0.5) is 5.82 Å². The molecule has 2 rings (SSSR count). The monoisotopic (exact) mass is 250 g/mol. The van der Waals surface area contributed by atoms with Gasteiger partial charge >= 0.3 is 0 Å². The molecule has 1 aromatic rings. The number of anilines is 1. The Morgan fingerprint density at radius 2 is 2.22 bits per heavy atom. The molecule has 0 bridgehead atoms. The van der Waals surface area contributed by atoms with E-state index in [0.717, 1.165) is 0 Å². The Hall–Kier alpha value is -1.50.